The molecule has 1 aromatic heterocycles. The van der Waals surface area contributed by atoms with E-state index in [0.717, 1.165) is 5.69 Å². The molecular formula is C19H19ClF2N2O4. The Kier molecular flexibility index (Phi) is 6.31. The number of carboxylic acids is 1. The van der Waals surface area contributed by atoms with Gasteiger partial charge in [0.05, 0.1) is 29.8 Å². The number of pyridine rings is 1. The largest absolute Gasteiger partial charge is 0.478 e. The Bertz CT molecular complexity index is 835. The molecular weight excluding hydrogens is 394 g/mol. The lowest BCUT2D eigenvalue weighted by atomic mass is 10.1. The zero-order valence-electron chi connectivity index (χ0n) is 15.0. The summed E-state index contributed by atoms with van der Waals surface area (Å²) < 4.78 is 35.5. The summed E-state index contributed by atoms with van der Waals surface area (Å²) in [4.78, 5) is 17.2. The molecule has 0 aliphatic carbocycles. The highest BCUT2D eigenvalue weighted by Gasteiger charge is 2.35. The maximum absolute atomic E-state index is 12.5. The maximum atomic E-state index is 12.5. The number of hydrogen-bond acceptors (Lipinski definition) is 5. The monoisotopic (exact) mass is 412 g/mol. The highest BCUT2D eigenvalue weighted by Crippen LogP contribution is 2.30. The van der Waals surface area contributed by atoms with Crippen molar-refractivity contribution in [2.24, 2.45) is 0 Å². The molecule has 150 valence electrons. The van der Waals surface area contributed by atoms with Gasteiger partial charge < -0.3 is 19.5 Å². The number of carboxylic acid groups (broad SMARTS) is 1. The van der Waals surface area contributed by atoms with Crippen LogP contribution in [0.5, 0.6) is 5.88 Å². The van der Waals surface area contributed by atoms with E-state index in [1.807, 2.05) is 4.90 Å². The predicted molar refractivity (Wildman–Crippen MR) is 99.5 cm³/mol. The van der Waals surface area contributed by atoms with Crippen molar-refractivity contribution >= 4 is 23.3 Å². The van der Waals surface area contributed by atoms with Crippen LogP contribution in [0.4, 0.5) is 14.5 Å². The second kappa shape index (κ2) is 8.70. The van der Waals surface area contributed by atoms with Crippen molar-refractivity contribution in [1.29, 1.82) is 0 Å². The molecule has 2 atom stereocenters. The summed E-state index contributed by atoms with van der Waals surface area (Å²) in [6, 6.07) is 7.84. The van der Waals surface area contributed by atoms with E-state index < -0.39 is 12.6 Å². The quantitative estimate of drug-likeness (QED) is 0.741. The number of anilines is 1. The highest BCUT2D eigenvalue weighted by atomic mass is 35.5. The first-order valence-corrected chi connectivity index (χ1v) is 9.00. The molecule has 1 aliphatic rings. The minimum absolute atomic E-state index is 0.175. The number of benzene rings is 1. The SMILES string of the molecule is Cc1cc(N2C[C@@H](Oc3ccc(Cl)cn3)C[C@H]2COC(F)F)ccc1C(=O)O. The van der Waals surface area contributed by atoms with E-state index in [1.54, 1.807) is 31.2 Å². The van der Waals surface area contributed by atoms with Crippen LogP contribution >= 0.6 is 11.6 Å². The number of aromatic nitrogens is 1. The Morgan fingerprint density at radius 3 is 2.79 bits per heavy atom. The molecule has 6 nitrogen and oxygen atoms in total. The number of ether oxygens (including phenoxy) is 2. The third kappa shape index (κ3) is 4.88. The molecule has 1 saturated heterocycles. The lowest BCUT2D eigenvalue weighted by Crippen LogP contribution is -2.34. The average molecular weight is 413 g/mol. The normalized spacial score (nSPS) is 19.2. The molecule has 2 aromatic rings. The summed E-state index contributed by atoms with van der Waals surface area (Å²) in [5.74, 6) is -0.625. The lowest BCUT2D eigenvalue weighted by Gasteiger charge is -2.26. The third-order valence-electron chi connectivity index (χ3n) is 4.55. The smallest absolute Gasteiger partial charge is 0.345 e. The van der Waals surface area contributed by atoms with Gasteiger partial charge >= 0.3 is 12.6 Å². The first-order valence-electron chi connectivity index (χ1n) is 8.62. The molecule has 0 amide bonds. The van der Waals surface area contributed by atoms with Crippen molar-refractivity contribution in [3.8, 4) is 5.88 Å². The fourth-order valence-electron chi connectivity index (χ4n) is 3.29. The van der Waals surface area contributed by atoms with Crippen LogP contribution in [0, 0.1) is 6.92 Å². The van der Waals surface area contributed by atoms with Gasteiger partial charge in [-0.2, -0.15) is 8.78 Å². The van der Waals surface area contributed by atoms with E-state index in [-0.39, 0.29) is 24.3 Å². The van der Waals surface area contributed by atoms with Crippen molar-refractivity contribution in [3.05, 3.63) is 52.7 Å². The summed E-state index contributed by atoms with van der Waals surface area (Å²) in [7, 11) is 0. The van der Waals surface area contributed by atoms with Crippen LogP contribution < -0.4 is 9.64 Å². The van der Waals surface area contributed by atoms with E-state index in [4.69, 9.17) is 16.3 Å². The van der Waals surface area contributed by atoms with Crippen LogP contribution in [0.2, 0.25) is 5.02 Å². The fourth-order valence-corrected chi connectivity index (χ4v) is 3.40. The number of halogens is 3. The molecule has 1 aromatic carbocycles. The summed E-state index contributed by atoms with van der Waals surface area (Å²) in [5.41, 5.74) is 1.50. The topological polar surface area (TPSA) is 71.9 Å². The molecule has 3 rings (SSSR count). The summed E-state index contributed by atoms with van der Waals surface area (Å²) >= 11 is 5.82. The number of rotatable bonds is 7. The van der Waals surface area contributed by atoms with Crippen molar-refractivity contribution in [3.63, 3.8) is 0 Å². The van der Waals surface area contributed by atoms with Gasteiger partial charge in [0.2, 0.25) is 5.88 Å². The van der Waals surface area contributed by atoms with Crippen LogP contribution in [-0.2, 0) is 4.74 Å². The van der Waals surface area contributed by atoms with Crippen molar-refractivity contribution in [2.45, 2.75) is 32.1 Å². The summed E-state index contributed by atoms with van der Waals surface area (Å²) in [6.07, 6.45) is 1.63. The van der Waals surface area contributed by atoms with E-state index in [0.29, 0.717) is 29.4 Å². The summed E-state index contributed by atoms with van der Waals surface area (Å²) in [6.45, 7) is -0.922. The zero-order valence-corrected chi connectivity index (χ0v) is 15.8. The fraction of sp³-hybridized carbons (Fsp3) is 0.368. The van der Waals surface area contributed by atoms with Gasteiger partial charge in [0.15, 0.2) is 0 Å². The van der Waals surface area contributed by atoms with E-state index >= 15 is 0 Å². The average Bonchev–Trinajstić information content (AvgIpc) is 3.04. The van der Waals surface area contributed by atoms with Crippen LogP contribution in [0.3, 0.4) is 0 Å². The first-order chi connectivity index (χ1) is 13.3. The van der Waals surface area contributed by atoms with Gasteiger partial charge in [-0.25, -0.2) is 9.78 Å². The van der Waals surface area contributed by atoms with Gasteiger partial charge in [-0.1, -0.05) is 11.6 Å². The van der Waals surface area contributed by atoms with E-state index in [1.165, 1.54) is 12.3 Å². The Balaban J connectivity index is 1.78. The van der Waals surface area contributed by atoms with Crippen molar-refractivity contribution < 1.29 is 28.2 Å². The predicted octanol–water partition coefficient (Wildman–Crippen LogP) is 4.01. The van der Waals surface area contributed by atoms with Gasteiger partial charge in [0.1, 0.15) is 6.10 Å². The molecule has 2 heterocycles. The first kappa shape index (κ1) is 20.3. The van der Waals surface area contributed by atoms with E-state index in [9.17, 15) is 18.7 Å². The number of carbonyl (C=O) groups is 1. The highest BCUT2D eigenvalue weighted by molar-refractivity contribution is 6.30. The molecule has 0 spiro atoms. The Morgan fingerprint density at radius 2 is 2.18 bits per heavy atom. The second-order valence-electron chi connectivity index (χ2n) is 6.49. The number of aryl methyl sites for hydroxylation is 1. The molecule has 1 aliphatic heterocycles. The molecule has 28 heavy (non-hydrogen) atoms. The van der Waals surface area contributed by atoms with Crippen LogP contribution in [0.1, 0.15) is 22.3 Å². The molecule has 1 fully saturated rings. The lowest BCUT2D eigenvalue weighted by molar-refractivity contribution is -0.131. The Morgan fingerprint density at radius 1 is 1.39 bits per heavy atom. The Hall–Kier alpha value is -2.45. The van der Waals surface area contributed by atoms with E-state index in [2.05, 4.69) is 9.72 Å². The van der Waals surface area contributed by atoms with Crippen molar-refractivity contribution in [1.82, 2.24) is 4.98 Å². The van der Waals surface area contributed by atoms with Crippen LogP contribution in [0.25, 0.3) is 0 Å². The third-order valence-corrected chi connectivity index (χ3v) is 4.77. The molecule has 0 saturated carbocycles. The molecule has 0 radical (unpaired) electrons. The maximum Gasteiger partial charge on any atom is 0.345 e. The molecule has 0 bridgehead atoms. The minimum atomic E-state index is -2.86. The van der Waals surface area contributed by atoms with Gasteiger partial charge in [-0.15, -0.1) is 0 Å². The summed E-state index contributed by atoms with van der Waals surface area (Å²) in [5, 5.41) is 9.68. The van der Waals surface area contributed by atoms with Gasteiger partial charge in [0.25, 0.3) is 0 Å². The number of alkyl halides is 2. The number of nitrogens with zero attached hydrogens (tertiary/aromatic N) is 2. The van der Waals surface area contributed by atoms with Crippen LogP contribution in [-0.4, -0.2) is 48.0 Å². The standard InChI is InChI=1S/C19H19ClF2N2O4/c1-11-6-13(3-4-16(11)18(25)26)24-9-15(7-14(24)10-27-19(21)22)28-17-5-2-12(20)8-23-17/h2-6,8,14-15,19H,7,9-10H2,1H3,(H,25,26)/t14-,15-/m0/s1. The molecule has 9 heteroatoms. The van der Waals surface area contributed by atoms with Crippen LogP contribution in [0.15, 0.2) is 36.5 Å². The van der Waals surface area contributed by atoms with Gasteiger partial charge in [-0.05, 0) is 36.8 Å². The second-order valence-corrected chi connectivity index (χ2v) is 6.93. The number of hydrogen-bond donors (Lipinski definition) is 1. The Labute approximate surface area is 165 Å². The molecule has 1 N–H and O–H groups in total. The molecule has 0 unspecified atom stereocenters. The minimum Gasteiger partial charge on any atom is -0.478 e. The van der Waals surface area contributed by atoms with Gasteiger partial charge in [-0.3, -0.25) is 0 Å². The number of aromatic carboxylic acids is 1. The zero-order chi connectivity index (χ0) is 20.3. The van der Waals surface area contributed by atoms with Crippen molar-refractivity contribution in [2.75, 3.05) is 18.1 Å². The van der Waals surface area contributed by atoms with Gasteiger partial charge in [0, 0.05) is 24.4 Å².